The molecule has 1 fully saturated rings. The SMILES string of the molecule is c1cc2c([nH]1)CCCC2NC1CC1. The van der Waals surface area contributed by atoms with Crippen molar-refractivity contribution in [3.05, 3.63) is 23.5 Å². The lowest BCUT2D eigenvalue weighted by Gasteiger charge is -2.23. The summed E-state index contributed by atoms with van der Waals surface area (Å²) >= 11 is 0. The van der Waals surface area contributed by atoms with Gasteiger partial charge in [-0.1, -0.05) is 0 Å². The van der Waals surface area contributed by atoms with Crippen LogP contribution in [-0.4, -0.2) is 11.0 Å². The van der Waals surface area contributed by atoms with Crippen molar-refractivity contribution in [2.24, 2.45) is 0 Å². The monoisotopic (exact) mass is 176 g/mol. The van der Waals surface area contributed by atoms with Gasteiger partial charge in [0.05, 0.1) is 0 Å². The molecule has 1 saturated carbocycles. The number of H-pyrrole nitrogens is 1. The Morgan fingerprint density at radius 1 is 1.31 bits per heavy atom. The Labute approximate surface area is 78.7 Å². The molecule has 2 heteroatoms. The van der Waals surface area contributed by atoms with Crippen LogP contribution in [0.1, 0.15) is 43.0 Å². The lowest BCUT2D eigenvalue weighted by Crippen LogP contribution is -2.26. The number of rotatable bonds is 2. The lowest BCUT2D eigenvalue weighted by atomic mass is 9.93. The number of aromatic nitrogens is 1. The molecule has 0 amide bonds. The molecule has 0 radical (unpaired) electrons. The summed E-state index contributed by atoms with van der Waals surface area (Å²) in [7, 11) is 0. The highest BCUT2D eigenvalue weighted by molar-refractivity contribution is 5.27. The molecule has 3 rings (SSSR count). The van der Waals surface area contributed by atoms with Gasteiger partial charge in [0.25, 0.3) is 0 Å². The van der Waals surface area contributed by atoms with Crippen LogP contribution in [0.15, 0.2) is 12.3 Å². The van der Waals surface area contributed by atoms with E-state index in [2.05, 4.69) is 22.6 Å². The standard InChI is InChI=1S/C11H16N2/c1-2-10-9(6-7-12-10)11(3-1)13-8-4-5-8/h6-8,11-13H,1-5H2. The summed E-state index contributed by atoms with van der Waals surface area (Å²) in [6, 6.07) is 3.71. The summed E-state index contributed by atoms with van der Waals surface area (Å²) in [6.45, 7) is 0. The fraction of sp³-hybridized carbons (Fsp3) is 0.636. The van der Waals surface area contributed by atoms with Crippen LogP contribution in [0.25, 0.3) is 0 Å². The van der Waals surface area contributed by atoms with Crippen LogP contribution >= 0.6 is 0 Å². The van der Waals surface area contributed by atoms with E-state index in [-0.39, 0.29) is 0 Å². The van der Waals surface area contributed by atoms with Crippen molar-refractivity contribution in [3.8, 4) is 0 Å². The van der Waals surface area contributed by atoms with E-state index in [9.17, 15) is 0 Å². The molecule has 70 valence electrons. The summed E-state index contributed by atoms with van der Waals surface area (Å²) in [5.41, 5.74) is 2.99. The molecule has 1 aromatic rings. The number of nitrogens with one attached hydrogen (secondary N) is 2. The van der Waals surface area contributed by atoms with Gasteiger partial charge in [-0.25, -0.2) is 0 Å². The molecule has 2 aliphatic carbocycles. The quantitative estimate of drug-likeness (QED) is 0.710. The second-order valence-corrected chi connectivity index (χ2v) is 4.30. The largest absolute Gasteiger partial charge is 0.365 e. The highest BCUT2D eigenvalue weighted by Crippen LogP contribution is 2.32. The van der Waals surface area contributed by atoms with E-state index >= 15 is 0 Å². The Bertz CT molecular complexity index is 299. The molecular formula is C11H16N2. The third kappa shape index (κ3) is 1.39. The molecular weight excluding hydrogens is 160 g/mol. The van der Waals surface area contributed by atoms with Gasteiger partial charge in [0.2, 0.25) is 0 Å². The third-order valence-electron chi connectivity index (χ3n) is 3.18. The molecule has 1 aromatic heterocycles. The fourth-order valence-corrected chi connectivity index (χ4v) is 2.31. The van der Waals surface area contributed by atoms with Gasteiger partial charge >= 0.3 is 0 Å². The van der Waals surface area contributed by atoms with Crippen molar-refractivity contribution in [1.29, 1.82) is 0 Å². The van der Waals surface area contributed by atoms with Crippen molar-refractivity contribution in [1.82, 2.24) is 10.3 Å². The average molecular weight is 176 g/mol. The van der Waals surface area contributed by atoms with Crippen LogP contribution in [-0.2, 0) is 6.42 Å². The maximum absolute atomic E-state index is 3.72. The second kappa shape index (κ2) is 2.88. The minimum absolute atomic E-state index is 0.641. The first-order valence-electron chi connectivity index (χ1n) is 5.36. The molecule has 0 spiro atoms. The number of hydrogen-bond acceptors (Lipinski definition) is 1. The summed E-state index contributed by atoms with van der Waals surface area (Å²) in [5.74, 6) is 0. The first kappa shape index (κ1) is 7.63. The Kier molecular flexibility index (Phi) is 1.69. The normalized spacial score (nSPS) is 27.2. The zero-order valence-electron chi connectivity index (χ0n) is 7.84. The van der Waals surface area contributed by atoms with Crippen LogP contribution in [0.3, 0.4) is 0 Å². The van der Waals surface area contributed by atoms with E-state index in [1.54, 1.807) is 0 Å². The summed E-state index contributed by atoms with van der Waals surface area (Å²) in [5, 5.41) is 3.72. The summed E-state index contributed by atoms with van der Waals surface area (Å²) in [4.78, 5) is 3.34. The number of aryl methyl sites for hydroxylation is 1. The first-order valence-corrected chi connectivity index (χ1v) is 5.36. The van der Waals surface area contributed by atoms with Gasteiger partial charge < -0.3 is 10.3 Å². The van der Waals surface area contributed by atoms with Gasteiger partial charge in [-0.15, -0.1) is 0 Å². The molecule has 1 heterocycles. The van der Waals surface area contributed by atoms with Gasteiger partial charge in [0.15, 0.2) is 0 Å². The number of aromatic amines is 1. The van der Waals surface area contributed by atoms with Crippen molar-refractivity contribution in [2.75, 3.05) is 0 Å². The molecule has 1 atom stereocenters. The predicted molar refractivity (Wildman–Crippen MR) is 52.6 cm³/mol. The smallest absolute Gasteiger partial charge is 0.0340 e. The molecule has 0 saturated heterocycles. The molecule has 2 nitrogen and oxygen atoms in total. The minimum atomic E-state index is 0.641. The van der Waals surface area contributed by atoms with Gasteiger partial charge in [-0.2, -0.15) is 0 Å². The average Bonchev–Trinajstić information content (AvgIpc) is 2.83. The Morgan fingerprint density at radius 2 is 2.23 bits per heavy atom. The summed E-state index contributed by atoms with van der Waals surface area (Å²) < 4.78 is 0. The number of fused-ring (bicyclic) bond motifs is 1. The topological polar surface area (TPSA) is 27.8 Å². The maximum atomic E-state index is 3.72. The highest BCUT2D eigenvalue weighted by atomic mass is 15.0. The Morgan fingerprint density at radius 3 is 3.08 bits per heavy atom. The van der Waals surface area contributed by atoms with Gasteiger partial charge in [0.1, 0.15) is 0 Å². The van der Waals surface area contributed by atoms with E-state index < -0.39 is 0 Å². The fourth-order valence-electron chi connectivity index (χ4n) is 2.31. The maximum Gasteiger partial charge on any atom is 0.0340 e. The third-order valence-corrected chi connectivity index (χ3v) is 3.18. The Hall–Kier alpha value is -0.760. The van der Waals surface area contributed by atoms with Crippen molar-refractivity contribution >= 4 is 0 Å². The Balaban J connectivity index is 1.81. The van der Waals surface area contributed by atoms with Crippen molar-refractivity contribution in [2.45, 2.75) is 44.2 Å². The lowest BCUT2D eigenvalue weighted by molar-refractivity contribution is 0.456. The van der Waals surface area contributed by atoms with Crippen LogP contribution in [0.2, 0.25) is 0 Å². The molecule has 2 N–H and O–H groups in total. The second-order valence-electron chi connectivity index (χ2n) is 4.30. The van der Waals surface area contributed by atoms with E-state index in [1.165, 1.54) is 43.4 Å². The zero-order valence-corrected chi connectivity index (χ0v) is 7.84. The molecule has 0 aromatic carbocycles. The van der Waals surface area contributed by atoms with Gasteiger partial charge in [0, 0.05) is 24.0 Å². The molecule has 13 heavy (non-hydrogen) atoms. The van der Waals surface area contributed by atoms with Crippen molar-refractivity contribution in [3.63, 3.8) is 0 Å². The predicted octanol–water partition coefficient (Wildman–Crippen LogP) is 2.14. The van der Waals surface area contributed by atoms with Gasteiger partial charge in [-0.05, 0) is 43.7 Å². The van der Waals surface area contributed by atoms with E-state index in [0.29, 0.717) is 6.04 Å². The van der Waals surface area contributed by atoms with Crippen LogP contribution in [0, 0.1) is 0 Å². The molecule has 0 aliphatic heterocycles. The molecule has 1 unspecified atom stereocenters. The minimum Gasteiger partial charge on any atom is -0.365 e. The van der Waals surface area contributed by atoms with Crippen LogP contribution in [0.4, 0.5) is 0 Å². The van der Waals surface area contributed by atoms with Crippen LogP contribution < -0.4 is 5.32 Å². The molecule has 2 aliphatic rings. The first-order chi connectivity index (χ1) is 6.43. The zero-order chi connectivity index (χ0) is 8.67. The van der Waals surface area contributed by atoms with E-state index in [0.717, 1.165) is 6.04 Å². The number of hydrogen-bond donors (Lipinski definition) is 2. The highest BCUT2D eigenvalue weighted by Gasteiger charge is 2.28. The molecule has 0 bridgehead atoms. The van der Waals surface area contributed by atoms with E-state index in [4.69, 9.17) is 0 Å². The van der Waals surface area contributed by atoms with Crippen molar-refractivity contribution < 1.29 is 0 Å². The van der Waals surface area contributed by atoms with Crippen LogP contribution in [0.5, 0.6) is 0 Å². The van der Waals surface area contributed by atoms with E-state index in [1.807, 2.05) is 0 Å². The summed E-state index contributed by atoms with van der Waals surface area (Å²) in [6.07, 6.45) is 8.74. The van der Waals surface area contributed by atoms with Gasteiger partial charge in [-0.3, -0.25) is 0 Å².